The van der Waals surface area contributed by atoms with Crippen molar-refractivity contribution in [3.8, 4) is 0 Å². The number of nitrogens with one attached hydrogen (secondary N) is 1. The van der Waals surface area contributed by atoms with Crippen LogP contribution in [-0.4, -0.2) is 25.2 Å². The summed E-state index contributed by atoms with van der Waals surface area (Å²) in [6, 6.07) is 2.15. The van der Waals surface area contributed by atoms with Crippen molar-refractivity contribution >= 4 is 21.8 Å². The highest BCUT2D eigenvalue weighted by Crippen LogP contribution is 2.23. The van der Waals surface area contributed by atoms with Gasteiger partial charge in [0, 0.05) is 23.5 Å². The lowest BCUT2D eigenvalue weighted by Crippen LogP contribution is -2.33. The van der Waals surface area contributed by atoms with E-state index >= 15 is 0 Å². The van der Waals surface area contributed by atoms with Crippen LogP contribution in [0.1, 0.15) is 30.1 Å². The van der Waals surface area contributed by atoms with Crippen LogP contribution in [0.5, 0.6) is 0 Å². The number of ether oxygens (including phenoxy) is 1. The van der Waals surface area contributed by atoms with E-state index < -0.39 is 23.1 Å². The smallest absolute Gasteiger partial charge is 0.257 e. The Kier molecular flexibility index (Phi) is 5.10. The molecule has 1 heterocycles. The molecule has 20 heavy (non-hydrogen) atoms. The van der Waals surface area contributed by atoms with Crippen LogP contribution in [0.2, 0.25) is 0 Å². The first-order valence-electron chi connectivity index (χ1n) is 6.57. The van der Waals surface area contributed by atoms with Gasteiger partial charge in [-0.25, -0.2) is 8.78 Å². The van der Waals surface area contributed by atoms with E-state index in [9.17, 15) is 13.6 Å². The molecule has 3 nitrogen and oxygen atoms in total. The van der Waals surface area contributed by atoms with Gasteiger partial charge in [-0.05, 0) is 25.0 Å². The van der Waals surface area contributed by atoms with Crippen LogP contribution in [0.3, 0.4) is 0 Å². The minimum Gasteiger partial charge on any atom is -0.378 e. The van der Waals surface area contributed by atoms with Gasteiger partial charge in [0.2, 0.25) is 0 Å². The van der Waals surface area contributed by atoms with E-state index in [1.54, 1.807) is 0 Å². The molecular formula is C14H16BrF2NO2. The average molecular weight is 348 g/mol. The zero-order chi connectivity index (χ0) is 14.7. The van der Waals surface area contributed by atoms with Gasteiger partial charge >= 0.3 is 0 Å². The molecule has 1 N–H and O–H groups in total. The fourth-order valence-electron chi connectivity index (χ4n) is 2.45. The highest BCUT2D eigenvalue weighted by atomic mass is 79.9. The number of hydrogen-bond acceptors (Lipinski definition) is 2. The standard InChI is InChI=1S/C14H16BrF2NO2/c1-2-12-8(3-4-20-12)7-18-14(19)13-10(16)5-9(15)6-11(13)17/h5-6,8,12H,2-4,7H2,1H3,(H,18,19). The molecule has 1 aromatic rings. The topological polar surface area (TPSA) is 38.3 Å². The van der Waals surface area contributed by atoms with Crippen LogP contribution in [0.4, 0.5) is 8.78 Å². The maximum atomic E-state index is 13.6. The molecule has 2 atom stereocenters. The first-order valence-corrected chi connectivity index (χ1v) is 7.36. The largest absolute Gasteiger partial charge is 0.378 e. The molecule has 1 saturated heterocycles. The molecule has 0 aromatic heterocycles. The van der Waals surface area contributed by atoms with E-state index in [1.165, 1.54) is 0 Å². The second-order valence-corrected chi connectivity index (χ2v) is 5.74. The molecular weight excluding hydrogens is 332 g/mol. The van der Waals surface area contributed by atoms with E-state index in [2.05, 4.69) is 21.2 Å². The maximum absolute atomic E-state index is 13.6. The predicted molar refractivity (Wildman–Crippen MR) is 74.5 cm³/mol. The molecule has 0 saturated carbocycles. The van der Waals surface area contributed by atoms with Crippen molar-refractivity contribution in [2.24, 2.45) is 5.92 Å². The van der Waals surface area contributed by atoms with Gasteiger partial charge in [-0.3, -0.25) is 4.79 Å². The Morgan fingerprint density at radius 1 is 1.45 bits per heavy atom. The van der Waals surface area contributed by atoms with Gasteiger partial charge in [-0.1, -0.05) is 22.9 Å². The quantitative estimate of drug-likeness (QED) is 0.907. The normalized spacial score (nSPS) is 22.0. The van der Waals surface area contributed by atoms with Crippen LogP contribution in [-0.2, 0) is 4.74 Å². The third-order valence-corrected chi connectivity index (χ3v) is 3.97. The summed E-state index contributed by atoms with van der Waals surface area (Å²) in [5, 5.41) is 2.59. The number of hydrogen-bond donors (Lipinski definition) is 1. The van der Waals surface area contributed by atoms with Gasteiger partial charge in [0.05, 0.1) is 6.10 Å². The minimum absolute atomic E-state index is 0.106. The number of benzene rings is 1. The van der Waals surface area contributed by atoms with E-state index in [0.29, 0.717) is 13.2 Å². The number of amides is 1. The van der Waals surface area contributed by atoms with Gasteiger partial charge in [-0.15, -0.1) is 0 Å². The summed E-state index contributed by atoms with van der Waals surface area (Å²) in [7, 11) is 0. The Morgan fingerprint density at radius 2 is 2.10 bits per heavy atom. The van der Waals surface area contributed by atoms with Crippen molar-refractivity contribution in [1.82, 2.24) is 5.32 Å². The van der Waals surface area contributed by atoms with E-state index in [4.69, 9.17) is 4.74 Å². The minimum atomic E-state index is -0.871. The van der Waals surface area contributed by atoms with E-state index in [0.717, 1.165) is 25.0 Å². The zero-order valence-corrected chi connectivity index (χ0v) is 12.7. The highest BCUT2D eigenvalue weighted by Gasteiger charge is 2.27. The number of rotatable bonds is 4. The first-order chi connectivity index (χ1) is 9.52. The number of halogens is 3. The fraction of sp³-hybridized carbons (Fsp3) is 0.500. The molecule has 2 rings (SSSR count). The third kappa shape index (κ3) is 3.35. The molecule has 0 aliphatic carbocycles. The Morgan fingerprint density at radius 3 is 2.70 bits per heavy atom. The summed E-state index contributed by atoms with van der Waals surface area (Å²) in [5.41, 5.74) is -0.542. The lowest BCUT2D eigenvalue weighted by molar-refractivity contribution is 0.0824. The summed E-state index contributed by atoms with van der Waals surface area (Å²) in [6.45, 7) is 3.05. The lowest BCUT2D eigenvalue weighted by Gasteiger charge is -2.17. The third-order valence-electron chi connectivity index (χ3n) is 3.51. The average Bonchev–Trinajstić information content (AvgIpc) is 2.82. The fourth-order valence-corrected chi connectivity index (χ4v) is 2.85. The summed E-state index contributed by atoms with van der Waals surface area (Å²) in [6.07, 6.45) is 1.82. The van der Waals surface area contributed by atoms with E-state index in [-0.39, 0.29) is 16.5 Å². The maximum Gasteiger partial charge on any atom is 0.257 e. The van der Waals surface area contributed by atoms with Crippen molar-refractivity contribution < 1.29 is 18.3 Å². The molecule has 110 valence electrons. The molecule has 1 fully saturated rings. The number of carbonyl (C=O) groups excluding carboxylic acids is 1. The molecule has 0 radical (unpaired) electrons. The number of carbonyl (C=O) groups is 1. The van der Waals surface area contributed by atoms with Gasteiger partial charge in [0.25, 0.3) is 5.91 Å². The summed E-state index contributed by atoms with van der Waals surface area (Å²) in [5.74, 6) is -2.27. The molecule has 1 aromatic carbocycles. The van der Waals surface area contributed by atoms with Crippen LogP contribution in [0.25, 0.3) is 0 Å². The Labute approximate surface area is 124 Å². The summed E-state index contributed by atoms with van der Waals surface area (Å²) >= 11 is 2.98. The van der Waals surface area contributed by atoms with Crippen molar-refractivity contribution in [3.63, 3.8) is 0 Å². The molecule has 2 unspecified atom stereocenters. The second-order valence-electron chi connectivity index (χ2n) is 4.82. The molecule has 6 heteroatoms. The SMILES string of the molecule is CCC1OCCC1CNC(=O)c1c(F)cc(Br)cc1F. The zero-order valence-electron chi connectivity index (χ0n) is 11.1. The Hall–Kier alpha value is -1.01. The van der Waals surface area contributed by atoms with Crippen LogP contribution >= 0.6 is 15.9 Å². The highest BCUT2D eigenvalue weighted by molar-refractivity contribution is 9.10. The summed E-state index contributed by atoms with van der Waals surface area (Å²) in [4.78, 5) is 11.9. The van der Waals surface area contributed by atoms with Gasteiger partial charge in [0.15, 0.2) is 0 Å². The molecule has 1 aliphatic heterocycles. The van der Waals surface area contributed by atoms with Crippen LogP contribution in [0, 0.1) is 17.6 Å². The molecule has 1 amide bonds. The van der Waals surface area contributed by atoms with Crippen molar-refractivity contribution in [1.29, 1.82) is 0 Å². The van der Waals surface area contributed by atoms with E-state index in [1.807, 2.05) is 6.92 Å². The van der Waals surface area contributed by atoms with Gasteiger partial charge in [-0.2, -0.15) is 0 Å². The molecule has 1 aliphatic rings. The lowest BCUT2D eigenvalue weighted by atomic mass is 9.99. The van der Waals surface area contributed by atoms with Crippen LogP contribution < -0.4 is 5.32 Å². The molecule has 0 spiro atoms. The van der Waals surface area contributed by atoms with Gasteiger partial charge < -0.3 is 10.1 Å². The van der Waals surface area contributed by atoms with Gasteiger partial charge in [0.1, 0.15) is 17.2 Å². The van der Waals surface area contributed by atoms with Crippen molar-refractivity contribution in [2.75, 3.05) is 13.2 Å². The molecule has 0 bridgehead atoms. The van der Waals surface area contributed by atoms with Crippen LogP contribution in [0.15, 0.2) is 16.6 Å². The first kappa shape index (κ1) is 15.4. The Balaban J connectivity index is 2.02. The predicted octanol–water partition coefficient (Wildman–Crippen LogP) is 3.27. The van der Waals surface area contributed by atoms with Crippen molar-refractivity contribution in [3.05, 3.63) is 33.8 Å². The Bertz CT molecular complexity index is 487. The van der Waals surface area contributed by atoms with Crippen molar-refractivity contribution in [2.45, 2.75) is 25.9 Å². The summed E-state index contributed by atoms with van der Waals surface area (Å²) < 4.78 is 33.1. The second kappa shape index (κ2) is 6.63. The monoisotopic (exact) mass is 347 g/mol.